The lowest BCUT2D eigenvalue weighted by Gasteiger charge is -2.35. The number of aryl methyl sites for hydroxylation is 1. The molecule has 3 aliphatic rings. The third-order valence-corrected chi connectivity index (χ3v) is 7.46. The fraction of sp³-hybridized carbons (Fsp3) is 0.500. The lowest BCUT2D eigenvalue weighted by Crippen LogP contribution is -2.41. The van der Waals surface area contributed by atoms with Crippen LogP contribution >= 0.6 is 0 Å². The predicted molar refractivity (Wildman–Crippen MR) is 126 cm³/mol. The number of hydrogen-bond donors (Lipinski definition) is 1. The topological polar surface area (TPSA) is 73.7 Å². The van der Waals surface area contributed by atoms with Crippen LogP contribution in [0.25, 0.3) is 5.65 Å². The lowest BCUT2D eigenvalue weighted by atomic mass is 9.98. The maximum Gasteiger partial charge on any atom is 0.277 e. The summed E-state index contributed by atoms with van der Waals surface area (Å²) < 4.78 is 1.60. The summed E-state index contributed by atoms with van der Waals surface area (Å²) >= 11 is 0. The fourth-order valence-corrected chi connectivity index (χ4v) is 5.52. The molecule has 33 heavy (non-hydrogen) atoms. The van der Waals surface area contributed by atoms with Crippen LogP contribution in [-0.2, 0) is 24.3 Å². The molecule has 0 spiro atoms. The Morgan fingerprint density at radius 2 is 2.03 bits per heavy atom. The van der Waals surface area contributed by atoms with Gasteiger partial charge in [0.05, 0.1) is 29.5 Å². The Hall–Kier alpha value is -2.93. The molecule has 6 rings (SSSR count). The minimum Gasteiger partial charge on any atom is -0.337 e. The van der Waals surface area contributed by atoms with E-state index in [2.05, 4.69) is 47.3 Å². The fourth-order valence-electron chi connectivity index (χ4n) is 5.52. The first-order valence-corrected chi connectivity index (χ1v) is 12.3. The number of nitrogens with one attached hydrogen (secondary N) is 1. The van der Waals surface area contributed by atoms with Gasteiger partial charge in [0.15, 0.2) is 5.65 Å². The van der Waals surface area contributed by atoms with Crippen LogP contribution in [0.4, 0.5) is 0 Å². The molecule has 1 saturated carbocycles. The number of piperidine rings is 1. The van der Waals surface area contributed by atoms with E-state index in [1.165, 1.54) is 24.0 Å². The van der Waals surface area contributed by atoms with E-state index in [-0.39, 0.29) is 23.4 Å². The van der Waals surface area contributed by atoms with Crippen molar-refractivity contribution in [3.05, 3.63) is 68.8 Å². The second-order valence-electron chi connectivity index (χ2n) is 10.0. The normalized spacial score (nSPS) is 21.4. The van der Waals surface area contributed by atoms with Crippen LogP contribution in [0.1, 0.15) is 66.2 Å². The zero-order valence-corrected chi connectivity index (χ0v) is 19.2. The third kappa shape index (κ3) is 3.88. The highest BCUT2D eigenvalue weighted by molar-refractivity contribution is 5.81. The number of likely N-dealkylation sites (tertiary alicyclic amines) is 1. The number of fused-ring (bicyclic) bond motifs is 2. The number of benzene rings is 1. The molecule has 4 heterocycles. The summed E-state index contributed by atoms with van der Waals surface area (Å²) in [6.45, 7) is 5.13. The van der Waals surface area contributed by atoms with Crippen LogP contribution < -0.4 is 5.56 Å². The first kappa shape index (κ1) is 20.7. The molecule has 1 aromatic carbocycles. The van der Waals surface area contributed by atoms with Crippen LogP contribution in [-0.4, -0.2) is 43.4 Å². The molecule has 1 amide bonds. The second kappa shape index (κ2) is 8.13. The monoisotopic (exact) mass is 445 g/mol. The number of amides is 1. The number of carbonyl (C=O) groups excluding carboxylic acids is 1. The SMILES string of the molecule is Cc1cccc(CN2CCCCC2c2cc3nc4c(c(=O)n3[nH]2)CN(C(=O)C2CC2)CC4)c1. The molecule has 7 heteroatoms. The zero-order chi connectivity index (χ0) is 22.5. The summed E-state index contributed by atoms with van der Waals surface area (Å²) in [7, 11) is 0. The van der Waals surface area contributed by atoms with Crippen LogP contribution in [0.3, 0.4) is 0 Å². The molecule has 1 N–H and O–H groups in total. The van der Waals surface area contributed by atoms with Gasteiger partial charge in [-0.3, -0.25) is 19.6 Å². The minimum atomic E-state index is -0.0596. The molecule has 2 aliphatic heterocycles. The van der Waals surface area contributed by atoms with E-state index in [1.54, 1.807) is 4.52 Å². The number of rotatable bonds is 4. The van der Waals surface area contributed by atoms with Crippen molar-refractivity contribution in [2.45, 2.75) is 64.6 Å². The zero-order valence-electron chi connectivity index (χ0n) is 19.2. The van der Waals surface area contributed by atoms with E-state index >= 15 is 0 Å². The Bertz CT molecular complexity index is 1270. The third-order valence-electron chi connectivity index (χ3n) is 7.46. The van der Waals surface area contributed by atoms with Crippen LogP contribution in [0, 0.1) is 12.8 Å². The molecule has 0 bridgehead atoms. The van der Waals surface area contributed by atoms with Gasteiger partial charge in [-0.1, -0.05) is 36.2 Å². The molecule has 172 valence electrons. The number of aromatic amines is 1. The highest BCUT2D eigenvalue weighted by atomic mass is 16.2. The largest absolute Gasteiger partial charge is 0.337 e. The van der Waals surface area contributed by atoms with Crippen LogP contribution in [0.15, 0.2) is 35.1 Å². The van der Waals surface area contributed by atoms with E-state index in [0.29, 0.717) is 30.7 Å². The van der Waals surface area contributed by atoms with Gasteiger partial charge in [0.25, 0.3) is 5.56 Å². The molecular weight excluding hydrogens is 414 g/mol. The van der Waals surface area contributed by atoms with Crippen molar-refractivity contribution in [1.82, 2.24) is 24.4 Å². The molecule has 7 nitrogen and oxygen atoms in total. The van der Waals surface area contributed by atoms with Crippen molar-refractivity contribution in [3.8, 4) is 0 Å². The van der Waals surface area contributed by atoms with Gasteiger partial charge in [0.1, 0.15) is 0 Å². The summed E-state index contributed by atoms with van der Waals surface area (Å²) in [5.74, 6) is 0.375. The van der Waals surface area contributed by atoms with Gasteiger partial charge in [-0.2, -0.15) is 0 Å². The number of hydrogen-bond acceptors (Lipinski definition) is 4. The molecule has 2 fully saturated rings. The number of aromatic nitrogens is 3. The Kier molecular flexibility index (Phi) is 5.09. The second-order valence-corrected chi connectivity index (χ2v) is 10.0. The average Bonchev–Trinajstić information content (AvgIpc) is 3.58. The van der Waals surface area contributed by atoms with Crippen LogP contribution in [0.2, 0.25) is 0 Å². The van der Waals surface area contributed by atoms with Gasteiger partial charge in [0.2, 0.25) is 5.91 Å². The van der Waals surface area contributed by atoms with Crippen molar-refractivity contribution in [3.63, 3.8) is 0 Å². The minimum absolute atomic E-state index is 0.0596. The lowest BCUT2D eigenvalue weighted by molar-refractivity contribution is -0.133. The molecule has 1 unspecified atom stereocenters. The molecule has 2 aromatic heterocycles. The van der Waals surface area contributed by atoms with Crippen molar-refractivity contribution < 1.29 is 4.79 Å². The van der Waals surface area contributed by atoms with E-state index in [4.69, 9.17) is 4.98 Å². The molecule has 3 aromatic rings. The maximum absolute atomic E-state index is 13.4. The Labute approximate surface area is 193 Å². The molecule has 1 atom stereocenters. The van der Waals surface area contributed by atoms with Gasteiger partial charge < -0.3 is 4.90 Å². The van der Waals surface area contributed by atoms with E-state index in [1.807, 2.05) is 4.90 Å². The van der Waals surface area contributed by atoms with E-state index in [0.717, 1.165) is 43.7 Å². The summed E-state index contributed by atoms with van der Waals surface area (Å²) in [4.78, 5) is 35.1. The van der Waals surface area contributed by atoms with Gasteiger partial charge in [0, 0.05) is 31.5 Å². The summed E-state index contributed by atoms with van der Waals surface area (Å²) in [5, 5.41) is 3.39. The van der Waals surface area contributed by atoms with E-state index < -0.39 is 0 Å². The molecular formula is C26H31N5O2. The van der Waals surface area contributed by atoms with E-state index in [9.17, 15) is 9.59 Å². The molecule has 0 radical (unpaired) electrons. The molecule has 1 saturated heterocycles. The Morgan fingerprint density at radius 3 is 2.85 bits per heavy atom. The van der Waals surface area contributed by atoms with Gasteiger partial charge in [-0.15, -0.1) is 0 Å². The van der Waals surface area contributed by atoms with Gasteiger partial charge in [-0.05, 0) is 44.7 Å². The summed E-state index contributed by atoms with van der Waals surface area (Å²) in [6, 6.07) is 11.0. The maximum atomic E-state index is 13.4. The molecule has 1 aliphatic carbocycles. The Balaban J connectivity index is 1.30. The standard InChI is InChI=1S/C26H31N5O2/c1-17-5-4-6-18(13-17)15-29-11-3-2-7-23(29)22-14-24-27-21-10-12-30(25(32)19-8-9-19)16-20(21)26(33)31(24)28-22/h4-6,13-14,19,23,28H,2-3,7-12,15-16H2,1H3. The summed E-state index contributed by atoms with van der Waals surface area (Å²) in [6.07, 6.45) is 6.07. The number of nitrogens with zero attached hydrogens (tertiary/aromatic N) is 4. The van der Waals surface area contributed by atoms with Crippen LogP contribution in [0.5, 0.6) is 0 Å². The highest BCUT2D eigenvalue weighted by Gasteiger charge is 2.36. The van der Waals surface area contributed by atoms with Crippen molar-refractivity contribution in [2.24, 2.45) is 5.92 Å². The van der Waals surface area contributed by atoms with Crippen molar-refractivity contribution >= 4 is 11.6 Å². The Morgan fingerprint density at radius 1 is 1.15 bits per heavy atom. The smallest absolute Gasteiger partial charge is 0.277 e. The van der Waals surface area contributed by atoms with Crippen molar-refractivity contribution in [2.75, 3.05) is 13.1 Å². The highest BCUT2D eigenvalue weighted by Crippen LogP contribution is 2.33. The number of H-pyrrole nitrogens is 1. The van der Waals surface area contributed by atoms with Gasteiger partial charge >= 0.3 is 0 Å². The average molecular weight is 446 g/mol. The number of carbonyl (C=O) groups is 1. The van der Waals surface area contributed by atoms with Gasteiger partial charge in [-0.25, -0.2) is 9.50 Å². The predicted octanol–water partition coefficient (Wildman–Crippen LogP) is 3.35. The summed E-state index contributed by atoms with van der Waals surface area (Å²) in [5.41, 5.74) is 5.81. The van der Waals surface area contributed by atoms with Crippen molar-refractivity contribution in [1.29, 1.82) is 0 Å². The quantitative estimate of drug-likeness (QED) is 0.668. The first-order valence-electron chi connectivity index (χ1n) is 12.3. The first-order chi connectivity index (χ1) is 16.1.